The van der Waals surface area contributed by atoms with Crippen LogP contribution >= 0.6 is 11.3 Å². The third-order valence-electron chi connectivity index (χ3n) is 5.64. The van der Waals surface area contributed by atoms with Gasteiger partial charge >= 0.3 is 0 Å². The Morgan fingerprint density at radius 2 is 1.88 bits per heavy atom. The van der Waals surface area contributed by atoms with Gasteiger partial charge in [0.05, 0.1) is 22.7 Å². The van der Waals surface area contributed by atoms with Gasteiger partial charge in [0.2, 0.25) is 5.91 Å². The van der Waals surface area contributed by atoms with Crippen LogP contribution in [0.5, 0.6) is 0 Å². The van der Waals surface area contributed by atoms with E-state index in [0.29, 0.717) is 49.0 Å². The quantitative estimate of drug-likeness (QED) is 0.459. The topological polar surface area (TPSA) is 96.5 Å². The zero-order valence-electron chi connectivity index (χ0n) is 18.7. The molecule has 4 aromatic rings. The smallest absolute Gasteiger partial charge is 0.257 e. The molecule has 174 valence electrons. The third kappa shape index (κ3) is 4.78. The summed E-state index contributed by atoms with van der Waals surface area (Å²) in [6, 6.07) is 15.4. The molecule has 1 aliphatic heterocycles. The number of para-hydroxylation sites is 1. The number of hydrogen-bond acceptors (Lipinski definition) is 7. The number of hydrogen-bond donors (Lipinski definition) is 1. The molecule has 1 aromatic carbocycles. The zero-order chi connectivity index (χ0) is 23.5. The second-order valence-electron chi connectivity index (χ2n) is 8.09. The van der Waals surface area contributed by atoms with Crippen LogP contribution in [0.1, 0.15) is 16.1 Å². The number of aryl methyl sites for hydroxylation is 1. The van der Waals surface area contributed by atoms with E-state index in [-0.39, 0.29) is 18.4 Å². The maximum atomic E-state index is 13.5. The predicted octanol–water partition coefficient (Wildman–Crippen LogP) is 3.29. The van der Waals surface area contributed by atoms with Crippen molar-refractivity contribution in [2.24, 2.45) is 0 Å². The Hall–Kier alpha value is -3.76. The Morgan fingerprint density at radius 3 is 2.56 bits per heavy atom. The normalized spacial score (nSPS) is 14.3. The first-order chi connectivity index (χ1) is 16.6. The predicted molar refractivity (Wildman–Crippen MR) is 129 cm³/mol. The van der Waals surface area contributed by atoms with Gasteiger partial charge in [-0.1, -0.05) is 29.4 Å². The summed E-state index contributed by atoms with van der Waals surface area (Å²) >= 11 is 1.56. The highest BCUT2D eigenvalue weighted by Crippen LogP contribution is 2.29. The third-order valence-corrected chi connectivity index (χ3v) is 6.52. The van der Waals surface area contributed by atoms with Crippen molar-refractivity contribution in [3.05, 3.63) is 71.4 Å². The summed E-state index contributed by atoms with van der Waals surface area (Å²) in [6.07, 6.45) is 1.81. The SMILES string of the molecule is Cc1cc(NC(=O)CN2CCN(C(=O)c3cn(-c4ccccc4)nc3-c3cccs3)CC2)no1. The van der Waals surface area contributed by atoms with Crippen molar-refractivity contribution in [1.29, 1.82) is 0 Å². The molecule has 0 bridgehead atoms. The van der Waals surface area contributed by atoms with Gasteiger partial charge < -0.3 is 14.7 Å². The number of aromatic nitrogens is 3. The molecule has 0 unspecified atom stereocenters. The van der Waals surface area contributed by atoms with Gasteiger partial charge in [0.1, 0.15) is 11.5 Å². The average molecular weight is 477 g/mol. The first-order valence-corrected chi connectivity index (χ1v) is 11.9. The van der Waals surface area contributed by atoms with Crippen molar-refractivity contribution >= 4 is 29.0 Å². The van der Waals surface area contributed by atoms with Crippen LogP contribution in [-0.4, -0.2) is 69.3 Å². The molecule has 0 radical (unpaired) electrons. The van der Waals surface area contributed by atoms with E-state index in [1.807, 2.05) is 63.8 Å². The van der Waals surface area contributed by atoms with Crippen molar-refractivity contribution in [2.75, 3.05) is 38.0 Å². The van der Waals surface area contributed by atoms with E-state index in [4.69, 9.17) is 9.62 Å². The van der Waals surface area contributed by atoms with Crippen LogP contribution in [0.4, 0.5) is 5.82 Å². The van der Waals surface area contributed by atoms with Crippen LogP contribution in [0.2, 0.25) is 0 Å². The zero-order valence-corrected chi connectivity index (χ0v) is 19.5. The molecule has 1 N–H and O–H groups in total. The molecule has 34 heavy (non-hydrogen) atoms. The highest BCUT2D eigenvalue weighted by molar-refractivity contribution is 7.13. The van der Waals surface area contributed by atoms with Crippen molar-refractivity contribution in [3.8, 4) is 16.3 Å². The molecule has 5 rings (SSSR count). The number of thiophene rings is 1. The lowest BCUT2D eigenvalue weighted by atomic mass is 10.1. The summed E-state index contributed by atoms with van der Waals surface area (Å²) in [5.74, 6) is 0.845. The van der Waals surface area contributed by atoms with Crippen molar-refractivity contribution < 1.29 is 14.1 Å². The highest BCUT2D eigenvalue weighted by Gasteiger charge is 2.27. The number of anilines is 1. The fourth-order valence-electron chi connectivity index (χ4n) is 3.93. The summed E-state index contributed by atoms with van der Waals surface area (Å²) in [5.41, 5.74) is 2.17. The second-order valence-corrected chi connectivity index (χ2v) is 9.04. The molecule has 10 heteroatoms. The first kappa shape index (κ1) is 22.1. The Bertz CT molecular complexity index is 1270. The van der Waals surface area contributed by atoms with Crippen LogP contribution in [0.3, 0.4) is 0 Å². The lowest BCUT2D eigenvalue weighted by Crippen LogP contribution is -2.50. The Balaban J connectivity index is 1.26. The summed E-state index contributed by atoms with van der Waals surface area (Å²) in [6.45, 7) is 4.30. The minimum atomic E-state index is -0.155. The molecule has 4 heterocycles. The number of piperazine rings is 1. The molecule has 1 fully saturated rings. The number of nitrogens with zero attached hydrogens (tertiary/aromatic N) is 5. The monoisotopic (exact) mass is 476 g/mol. The van der Waals surface area contributed by atoms with Gasteiger partial charge in [-0.05, 0) is 30.5 Å². The van der Waals surface area contributed by atoms with Crippen molar-refractivity contribution in [1.82, 2.24) is 24.7 Å². The van der Waals surface area contributed by atoms with Crippen LogP contribution < -0.4 is 5.32 Å². The molecule has 1 saturated heterocycles. The number of nitrogens with one attached hydrogen (secondary N) is 1. The summed E-state index contributed by atoms with van der Waals surface area (Å²) < 4.78 is 6.73. The minimum absolute atomic E-state index is 0.0484. The lowest BCUT2D eigenvalue weighted by molar-refractivity contribution is -0.117. The molecule has 0 saturated carbocycles. The standard InChI is InChI=1S/C24H24N6O3S/c1-17-14-21(27-33-17)25-22(31)16-28-9-11-29(12-10-28)24(32)19-15-30(18-6-3-2-4-7-18)26-23(19)20-8-5-13-34-20/h2-8,13-15H,9-12,16H2,1H3,(H,25,27,31). The molecule has 3 aromatic heterocycles. The molecule has 0 atom stereocenters. The van der Waals surface area contributed by atoms with E-state index < -0.39 is 0 Å². The van der Waals surface area contributed by atoms with Crippen molar-refractivity contribution in [2.45, 2.75) is 6.92 Å². The lowest BCUT2D eigenvalue weighted by Gasteiger charge is -2.34. The Kier molecular flexibility index (Phi) is 6.24. The van der Waals surface area contributed by atoms with Gasteiger partial charge in [-0.25, -0.2) is 4.68 Å². The largest absolute Gasteiger partial charge is 0.360 e. The first-order valence-electron chi connectivity index (χ1n) is 11.0. The fraction of sp³-hybridized carbons (Fsp3) is 0.250. The van der Waals surface area contributed by atoms with E-state index in [2.05, 4.69) is 10.5 Å². The number of benzene rings is 1. The van der Waals surface area contributed by atoms with Gasteiger partial charge in [-0.15, -0.1) is 11.3 Å². The fourth-order valence-corrected chi connectivity index (χ4v) is 4.65. The molecule has 1 aliphatic rings. The summed E-state index contributed by atoms with van der Waals surface area (Å²) in [4.78, 5) is 30.6. The second kappa shape index (κ2) is 9.62. The van der Waals surface area contributed by atoms with E-state index in [1.54, 1.807) is 29.0 Å². The molecule has 2 amide bonds. The van der Waals surface area contributed by atoms with Crippen LogP contribution in [0.15, 0.2) is 64.6 Å². The minimum Gasteiger partial charge on any atom is -0.360 e. The van der Waals surface area contributed by atoms with Crippen molar-refractivity contribution in [3.63, 3.8) is 0 Å². The van der Waals surface area contributed by atoms with E-state index in [1.165, 1.54) is 0 Å². The summed E-state index contributed by atoms with van der Waals surface area (Å²) in [5, 5.41) is 13.2. The number of rotatable bonds is 6. The Labute approximate surface area is 200 Å². The maximum Gasteiger partial charge on any atom is 0.257 e. The maximum absolute atomic E-state index is 13.5. The molecule has 0 aliphatic carbocycles. The molecule has 9 nitrogen and oxygen atoms in total. The van der Waals surface area contributed by atoms with E-state index >= 15 is 0 Å². The van der Waals surface area contributed by atoms with Gasteiger partial charge in [0.15, 0.2) is 5.82 Å². The average Bonchev–Trinajstić information content (AvgIpc) is 3.61. The van der Waals surface area contributed by atoms with Crippen LogP contribution in [0.25, 0.3) is 16.3 Å². The van der Waals surface area contributed by atoms with Crippen LogP contribution in [-0.2, 0) is 4.79 Å². The molecular formula is C24H24N6O3S. The van der Waals surface area contributed by atoms with Crippen LogP contribution in [0, 0.1) is 6.92 Å². The van der Waals surface area contributed by atoms with Gasteiger partial charge in [0.25, 0.3) is 5.91 Å². The number of amides is 2. The molecule has 0 spiro atoms. The van der Waals surface area contributed by atoms with Gasteiger partial charge in [-0.3, -0.25) is 14.5 Å². The van der Waals surface area contributed by atoms with E-state index in [0.717, 1.165) is 10.6 Å². The number of carbonyl (C=O) groups is 2. The van der Waals surface area contributed by atoms with Gasteiger partial charge in [-0.2, -0.15) is 5.10 Å². The van der Waals surface area contributed by atoms with Gasteiger partial charge in [0, 0.05) is 38.4 Å². The Morgan fingerprint density at radius 1 is 1.09 bits per heavy atom. The summed E-state index contributed by atoms with van der Waals surface area (Å²) in [7, 11) is 0. The highest BCUT2D eigenvalue weighted by atomic mass is 32.1. The number of carbonyl (C=O) groups excluding carboxylic acids is 2. The van der Waals surface area contributed by atoms with E-state index in [9.17, 15) is 9.59 Å². The molecular weight excluding hydrogens is 452 g/mol.